The monoisotopic (exact) mass is 301 g/mol. The summed E-state index contributed by atoms with van der Waals surface area (Å²) in [5, 5.41) is 4.05. The quantitative estimate of drug-likeness (QED) is 0.696. The summed E-state index contributed by atoms with van der Waals surface area (Å²) in [6, 6.07) is 11.9. The highest BCUT2D eigenvalue weighted by Crippen LogP contribution is 2.27. The van der Waals surface area contributed by atoms with E-state index < -0.39 is 0 Å². The molecule has 1 unspecified atom stereocenters. The molecule has 3 N–H and O–H groups in total. The van der Waals surface area contributed by atoms with Gasteiger partial charge in [-0.3, -0.25) is 0 Å². The minimum atomic E-state index is -0.193. The predicted octanol–water partition coefficient (Wildman–Crippen LogP) is 3.13. The third-order valence-electron chi connectivity index (χ3n) is 3.69. The maximum atomic E-state index is 11.3. The first-order valence-electron chi connectivity index (χ1n) is 6.74. The Labute approximate surface area is 127 Å². The standard InChI is InChI=1S/C16H16ClN3O/c1-9-3-4-10(7-12(9)17)15(18-2)11-5-6-13-14(8-11)20-16(21)19-13/h3-8,15,18H,1-2H3,(H2,19,20,21). The maximum absolute atomic E-state index is 11.3. The molecule has 0 radical (unpaired) electrons. The van der Waals surface area contributed by atoms with Gasteiger partial charge in [0.05, 0.1) is 17.1 Å². The van der Waals surface area contributed by atoms with Crippen molar-refractivity contribution in [1.82, 2.24) is 15.3 Å². The van der Waals surface area contributed by atoms with Crippen molar-refractivity contribution >= 4 is 22.6 Å². The summed E-state index contributed by atoms with van der Waals surface area (Å²) in [6.07, 6.45) is 0. The molecule has 0 aliphatic carbocycles. The van der Waals surface area contributed by atoms with Crippen molar-refractivity contribution in [2.24, 2.45) is 0 Å². The number of imidazole rings is 1. The number of aromatic amines is 2. The number of aryl methyl sites for hydroxylation is 1. The topological polar surface area (TPSA) is 60.7 Å². The molecule has 0 bridgehead atoms. The summed E-state index contributed by atoms with van der Waals surface area (Å²) in [5.41, 5.74) is 4.63. The Hall–Kier alpha value is -2.04. The highest BCUT2D eigenvalue weighted by molar-refractivity contribution is 6.31. The van der Waals surface area contributed by atoms with E-state index >= 15 is 0 Å². The van der Waals surface area contributed by atoms with Crippen LogP contribution in [-0.2, 0) is 0 Å². The highest BCUT2D eigenvalue weighted by atomic mass is 35.5. The van der Waals surface area contributed by atoms with Gasteiger partial charge in [0.2, 0.25) is 0 Å². The van der Waals surface area contributed by atoms with Crippen molar-refractivity contribution in [2.45, 2.75) is 13.0 Å². The van der Waals surface area contributed by atoms with E-state index in [0.29, 0.717) is 0 Å². The van der Waals surface area contributed by atoms with Gasteiger partial charge >= 0.3 is 5.69 Å². The maximum Gasteiger partial charge on any atom is 0.323 e. The Morgan fingerprint density at radius 3 is 2.43 bits per heavy atom. The lowest BCUT2D eigenvalue weighted by Crippen LogP contribution is -2.17. The number of nitrogens with one attached hydrogen (secondary N) is 3. The Bertz CT molecular complexity index is 850. The smallest absolute Gasteiger partial charge is 0.309 e. The zero-order valence-electron chi connectivity index (χ0n) is 11.8. The third kappa shape index (κ3) is 2.60. The predicted molar refractivity (Wildman–Crippen MR) is 86.0 cm³/mol. The van der Waals surface area contributed by atoms with E-state index in [-0.39, 0.29) is 11.7 Å². The molecular weight excluding hydrogens is 286 g/mol. The number of rotatable bonds is 3. The van der Waals surface area contributed by atoms with E-state index in [1.165, 1.54) is 0 Å². The molecule has 0 aliphatic heterocycles. The van der Waals surface area contributed by atoms with E-state index in [9.17, 15) is 4.79 Å². The van der Waals surface area contributed by atoms with E-state index in [2.05, 4.69) is 21.4 Å². The van der Waals surface area contributed by atoms with Crippen LogP contribution in [0.15, 0.2) is 41.2 Å². The second-order valence-corrected chi connectivity index (χ2v) is 5.52. The minimum Gasteiger partial charge on any atom is -0.309 e. The largest absolute Gasteiger partial charge is 0.323 e. The van der Waals surface area contributed by atoms with E-state index in [4.69, 9.17) is 11.6 Å². The molecule has 3 aromatic rings. The van der Waals surface area contributed by atoms with Crippen LogP contribution in [-0.4, -0.2) is 17.0 Å². The van der Waals surface area contributed by atoms with Gasteiger partial charge in [-0.2, -0.15) is 0 Å². The molecule has 0 saturated heterocycles. The first-order chi connectivity index (χ1) is 10.1. The minimum absolute atomic E-state index is 0.0194. The molecule has 0 saturated carbocycles. The van der Waals surface area contributed by atoms with Gasteiger partial charge in [0, 0.05) is 5.02 Å². The molecule has 108 valence electrons. The first-order valence-corrected chi connectivity index (χ1v) is 7.11. The molecule has 21 heavy (non-hydrogen) atoms. The molecule has 5 heteroatoms. The summed E-state index contributed by atoms with van der Waals surface area (Å²) < 4.78 is 0. The molecular formula is C16H16ClN3O. The van der Waals surface area contributed by atoms with Crippen LogP contribution in [0.3, 0.4) is 0 Å². The molecule has 0 spiro atoms. The van der Waals surface area contributed by atoms with Crippen LogP contribution in [0.2, 0.25) is 5.02 Å². The van der Waals surface area contributed by atoms with Gasteiger partial charge in [0.25, 0.3) is 0 Å². The summed E-state index contributed by atoms with van der Waals surface area (Å²) in [6.45, 7) is 1.98. The molecule has 2 aromatic carbocycles. The Morgan fingerprint density at radius 1 is 1.05 bits per heavy atom. The van der Waals surface area contributed by atoms with Gasteiger partial charge in [0.1, 0.15) is 0 Å². The SMILES string of the molecule is CNC(c1ccc(C)c(Cl)c1)c1ccc2[nH]c(=O)[nH]c2c1. The lowest BCUT2D eigenvalue weighted by Gasteiger charge is -2.18. The highest BCUT2D eigenvalue weighted by Gasteiger charge is 2.14. The Kier molecular flexibility index (Phi) is 3.57. The summed E-state index contributed by atoms with van der Waals surface area (Å²) in [5.74, 6) is 0. The van der Waals surface area contributed by atoms with Crippen molar-refractivity contribution < 1.29 is 0 Å². The number of H-pyrrole nitrogens is 2. The molecule has 1 aromatic heterocycles. The van der Waals surface area contributed by atoms with Gasteiger partial charge in [-0.25, -0.2) is 4.79 Å². The van der Waals surface area contributed by atoms with Crippen molar-refractivity contribution in [3.63, 3.8) is 0 Å². The number of fused-ring (bicyclic) bond motifs is 1. The summed E-state index contributed by atoms with van der Waals surface area (Å²) in [7, 11) is 1.91. The van der Waals surface area contributed by atoms with Crippen LogP contribution in [0, 0.1) is 6.92 Å². The van der Waals surface area contributed by atoms with Gasteiger partial charge < -0.3 is 15.3 Å². The first kappa shape index (κ1) is 13.9. The van der Waals surface area contributed by atoms with Crippen molar-refractivity contribution in [3.05, 3.63) is 68.6 Å². The molecule has 0 aliphatic rings. The van der Waals surface area contributed by atoms with Crippen molar-refractivity contribution in [2.75, 3.05) is 7.05 Å². The van der Waals surface area contributed by atoms with Crippen LogP contribution in [0.4, 0.5) is 0 Å². The fourth-order valence-electron chi connectivity index (χ4n) is 2.54. The average molecular weight is 302 g/mol. The molecule has 4 nitrogen and oxygen atoms in total. The van der Waals surface area contributed by atoms with E-state index in [1.54, 1.807) is 0 Å². The van der Waals surface area contributed by atoms with E-state index in [1.807, 2.05) is 44.3 Å². The number of hydrogen-bond acceptors (Lipinski definition) is 2. The Balaban J connectivity index is 2.08. The van der Waals surface area contributed by atoms with Crippen LogP contribution >= 0.6 is 11.6 Å². The lowest BCUT2D eigenvalue weighted by atomic mass is 9.97. The Morgan fingerprint density at radius 2 is 1.71 bits per heavy atom. The lowest BCUT2D eigenvalue weighted by molar-refractivity contribution is 0.692. The zero-order valence-corrected chi connectivity index (χ0v) is 12.6. The van der Waals surface area contributed by atoms with Crippen LogP contribution in [0.1, 0.15) is 22.7 Å². The van der Waals surface area contributed by atoms with E-state index in [0.717, 1.165) is 32.7 Å². The summed E-state index contributed by atoms with van der Waals surface area (Å²) >= 11 is 6.22. The van der Waals surface area contributed by atoms with Gasteiger partial charge in [0.15, 0.2) is 0 Å². The van der Waals surface area contributed by atoms with Crippen LogP contribution in [0.25, 0.3) is 11.0 Å². The average Bonchev–Trinajstić information content (AvgIpc) is 2.83. The second kappa shape index (κ2) is 5.39. The normalized spacial score (nSPS) is 12.7. The fourth-order valence-corrected chi connectivity index (χ4v) is 2.73. The second-order valence-electron chi connectivity index (χ2n) is 5.11. The molecule has 1 atom stereocenters. The third-order valence-corrected chi connectivity index (χ3v) is 4.10. The number of benzene rings is 2. The van der Waals surface area contributed by atoms with Crippen LogP contribution in [0.5, 0.6) is 0 Å². The zero-order chi connectivity index (χ0) is 15.0. The molecule has 3 rings (SSSR count). The van der Waals surface area contributed by atoms with Crippen molar-refractivity contribution in [1.29, 1.82) is 0 Å². The summed E-state index contributed by atoms with van der Waals surface area (Å²) in [4.78, 5) is 16.9. The van der Waals surface area contributed by atoms with Gasteiger partial charge in [-0.15, -0.1) is 0 Å². The van der Waals surface area contributed by atoms with Crippen molar-refractivity contribution in [3.8, 4) is 0 Å². The number of hydrogen-bond donors (Lipinski definition) is 3. The van der Waals surface area contributed by atoms with Crippen LogP contribution < -0.4 is 11.0 Å². The fraction of sp³-hybridized carbons (Fsp3) is 0.188. The molecule has 0 amide bonds. The van der Waals surface area contributed by atoms with Gasteiger partial charge in [-0.1, -0.05) is 29.8 Å². The van der Waals surface area contributed by atoms with Gasteiger partial charge in [-0.05, 0) is 48.9 Å². The molecule has 0 fully saturated rings. The number of aromatic nitrogens is 2. The number of halogens is 1. The molecule has 1 heterocycles.